The number of aromatic nitrogens is 1. The molecule has 1 aromatic heterocycles. The summed E-state index contributed by atoms with van der Waals surface area (Å²) in [6.07, 6.45) is 2.70. The minimum Gasteiger partial charge on any atom is -0.327 e. The second-order valence-corrected chi connectivity index (χ2v) is 5.00. The van der Waals surface area contributed by atoms with E-state index in [0.717, 1.165) is 12.1 Å². The van der Waals surface area contributed by atoms with Crippen molar-refractivity contribution in [2.75, 3.05) is 0 Å². The maximum Gasteiger partial charge on any atom is 0.0421 e. The average molecular weight is 192 g/mol. The standard InChI is InChI=1S/C12H20N2/c1-9-5-6-14-10(7-9)8-11(13)12(2,3)4/h5-7,11H,8,13H2,1-4H3. The fraction of sp³-hybridized carbons (Fsp3) is 0.583. The normalized spacial score (nSPS) is 14.1. The van der Waals surface area contributed by atoms with E-state index in [0.29, 0.717) is 0 Å². The van der Waals surface area contributed by atoms with Gasteiger partial charge in [-0.15, -0.1) is 0 Å². The van der Waals surface area contributed by atoms with E-state index in [2.05, 4.69) is 38.7 Å². The second-order valence-electron chi connectivity index (χ2n) is 5.00. The summed E-state index contributed by atoms with van der Waals surface area (Å²) in [4.78, 5) is 4.31. The quantitative estimate of drug-likeness (QED) is 0.781. The molecule has 0 fully saturated rings. The van der Waals surface area contributed by atoms with Crippen molar-refractivity contribution < 1.29 is 0 Å². The topological polar surface area (TPSA) is 38.9 Å². The summed E-state index contributed by atoms with van der Waals surface area (Å²) in [5.74, 6) is 0. The van der Waals surface area contributed by atoms with Gasteiger partial charge in [-0.1, -0.05) is 20.8 Å². The molecule has 2 nitrogen and oxygen atoms in total. The molecule has 1 unspecified atom stereocenters. The summed E-state index contributed by atoms with van der Waals surface area (Å²) in [6.45, 7) is 8.56. The highest BCUT2D eigenvalue weighted by atomic mass is 14.7. The predicted octanol–water partition coefficient (Wildman–Crippen LogP) is 2.31. The smallest absolute Gasteiger partial charge is 0.0421 e. The first-order chi connectivity index (χ1) is 6.39. The van der Waals surface area contributed by atoms with Crippen LogP contribution in [0, 0.1) is 12.3 Å². The van der Waals surface area contributed by atoms with E-state index in [1.807, 2.05) is 12.3 Å². The summed E-state index contributed by atoms with van der Waals surface area (Å²) in [5, 5.41) is 0. The van der Waals surface area contributed by atoms with Crippen molar-refractivity contribution in [3.63, 3.8) is 0 Å². The Hall–Kier alpha value is -0.890. The van der Waals surface area contributed by atoms with Gasteiger partial charge in [-0.25, -0.2) is 0 Å². The Kier molecular flexibility index (Phi) is 3.27. The van der Waals surface area contributed by atoms with Crippen LogP contribution in [0.2, 0.25) is 0 Å². The van der Waals surface area contributed by atoms with Crippen molar-refractivity contribution in [1.29, 1.82) is 0 Å². The van der Waals surface area contributed by atoms with E-state index in [1.54, 1.807) is 0 Å². The van der Waals surface area contributed by atoms with E-state index >= 15 is 0 Å². The molecule has 0 aliphatic heterocycles. The third kappa shape index (κ3) is 3.11. The van der Waals surface area contributed by atoms with Crippen molar-refractivity contribution in [3.8, 4) is 0 Å². The molecule has 0 amide bonds. The van der Waals surface area contributed by atoms with Crippen LogP contribution in [0.15, 0.2) is 18.3 Å². The molecule has 0 aliphatic carbocycles. The van der Waals surface area contributed by atoms with Gasteiger partial charge >= 0.3 is 0 Å². The van der Waals surface area contributed by atoms with Crippen molar-refractivity contribution in [1.82, 2.24) is 4.98 Å². The van der Waals surface area contributed by atoms with Crippen LogP contribution in [-0.4, -0.2) is 11.0 Å². The average Bonchev–Trinajstić information content (AvgIpc) is 2.02. The van der Waals surface area contributed by atoms with Gasteiger partial charge in [-0.05, 0) is 30.0 Å². The molecule has 1 rings (SSSR count). The van der Waals surface area contributed by atoms with Gasteiger partial charge in [0, 0.05) is 24.4 Å². The second kappa shape index (κ2) is 4.09. The Morgan fingerprint density at radius 2 is 2.07 bits per heavy atom. The van der Waals surface area contributed by atoms with Gasteiger partial charge < -0.3 is 5.73 Å². The molecule has 0 aromatic carbocycles. The van der Waals surface area contributed by atoms with Crippen molar-refractivity contribution >= 4 is 0 Å². The minimum atomic E-state index is 0.144. The Morgan fingerprint density at radius 3 is 2.57 bits per heavy atom. The number of aryl methyl sites for hydroxylation is 1. The lowest BCUT2D eigenvalue weighted by Gasteiger charge is -2.26. The molecule has 1 atom stereocenters. The van der Waals surface area contributed by atoms with Crippen molar-refractivity contribution in [2.45, 2.75) is 40.2 Å². The molecule has 2 heteroatoms. The van der Waals surface area contributed by atoms with Gasteiger partial charge in [0.05, 0.1) is 0 Å². The summed E-state index contributed by atoms with van der Waals surface area (Å²) >= 11 is 0. The lowest BCUT2D eigenvalue weighted by Crippen LogP contribution is -2.37. The van der Waals surface area contributed by atoms with E-state index in [1.165, 1.54) is 5.56 Å². The highest BCUT2D eigenvalue weighted by Crippen LogP contribution is 2.20. The number of hydrogen-bond donors (Lipinski definition) is 1. The Balaban J connectivity index is 2.70. The molecule has 14 heavy (non-hydrogen) atoms. The molecule has 78 valence electrons. The molecule has 2 N–H and O–H groups in total. The Morgan fingerprint density at radius 1 is 1.43 bits per heavy atom. The first-order valence-electron chi connectivity index (χ1n) is 5.06. The van der Waals surface area contributed by atoms with Crippen LogP contribution >= 0.6 is 0 Å². The molecule has 0 spiro atoms. The third-order valence-electron chi connectivity index (χ3n) is 2.51. The summed E-state index contributed by atoms with van der Waals surface area (Å²) < 4.78 is 0. The van der Waals surface area contributed by atoms with Crippen LogP contribution in [0.25, 0.3) is 0 Å². The van der Waals surface area contributed by atoms with Gasteiger partial charge in [0.2, 0.25) is 0 Å². The van der Waals surface area contributed by atoms with Gasteiger partial charge in [-0.2, -0.15) is 0 Å². The van der Waals surface area contributed by atoms with Crippen LogP contribution in [0.1, 0.15) is 32.0 Å². The van der Waals surface area contributed by atoms with E-state index in [9.17, 15) is 0 Å². The number of nitrogens with zero attached hydrogens (tertiary/aromatic N) is 1. The number of rotatable bonds is 2. The van der Waals surface area contributed by atoms with Gasteiger partial charge in [-0.3, -0.25) is 4.98 Å². The van der Waals surface area contributed by atoms with Crippen LogP contribution in [0.4, 0.5) is 0 Å². The lowest BCUT2D eigenvalue weighted by atomic mass is 9.84. The largest absolute Gasteiger partial charge is 0.327 e. The van der Waals surface area contributed by atoms with Gasteiger partial charge in [0.15, 0.2) is 0 Å². The Bertz CT molecular complexity index is 299. The zero-order valence-electron chi connectivity index (χ0n) is 9.54. The molecule has 0 saturated carbocycles. The molecule has 0 bridgehead atoms. The monoisotopic (exact) mass is 192 g/mol. The Labute approximate surface area is 86.5 Å². The zero-order chi connectivity index (χ0) is 10.8. The minimum absolute atomic E-state index is 0.144. The third-order valence-corrected chi connectivity index (χ3v) is 2.51. The molecular weight excluding hydrogens is 172 g/mol. The number of pyridine rings is 1. The molecule has 0 aliphatic rings. The van der Waals surface area contributed by atoms with Gasteiger partial charge in [0.1, 0.15) is 0 Å². The van der Waals surface area contributed by atoms with Crippen LogP contribution in [0.5, 0.6) is 0 Å². The first kappa shape index (κ1) is 11.2. The van der Waals surface area contributed by atoms with Crippen molar-refractivity contribution in [2.24, 2.45) is 11.1 Å². The summed E-state index contributed by atoms with van der Waals surface area (Å²) in [7, 11) is 0. The van der Waals surface area contributed by atoms with Gasteiger partial charge in [0.25, 0.3) is 0 Å². The fourth-order valence-corrected chi connectivity index (χ4v) is 1.24. The number of hydrogen-bond acceptors (Lipinski definition) is 2. The SMILES string of the molecule is Cc1ccnc(CC(N)C(C)(C)C)c1. The summed E-state index contributed by atoms with van der Waals surface area (Å²) in [6, 6.07) is 4.27. The molecule has 0 saturated heterocycles. The predicted molar refractivity (Wildman–Crippen MR) is 60.1 cm³/mol. The maximum absolute atomic E-state index is 6.09. The maximum atomic E-state index is 6.09. The summed E-state index contributed by atoms with van der Waals surface area (Å²) in [5.41, 5.74) is 8.57. The molecule has 1 aromatic rings. The molecular formula is C12H20N2. The van der Waals surface area contributed by atoms with Crippen LogP contribution in [-0.2, 0) is 6.42 Å². The van der Waals surface area contributed by atoms with E-state index < -0.39 is 0 Å². The van der Waals surface area contributed by atoms with E-state index in [4.69, 9.17) is 5.73 Å². The van der Waals surface area contributed by atoms with Crippen molar-refractivity contribution in [3.05, 3.63) is 29.6 Å². The lowest BCUT2D eigenvalue weighted by molar-refractivity contribution is 0.317. The fourth-order valence-electron chi connectivity index (χ4n) is 1.24. The first-order valence-corrected chi connectivity index (χ1v) is 5.06. The van der Waals surface area contributed by atoms with Crippen LogP contribution < -0.4 is 5.73 Å². The number of nitrogens with two attached hydrogens (primary N) is 1. The molecule has 1 heterocycles. The highest BCUT2D eigenvalue weighted by molar-refractivity contribution is 5.15. The highest BCUT2D eigenvalue weighted by Gasteiger charge is 2.20. The van der Waals surface area contributed by atoms with Crippen LogP contribution in [0.3, 0.4) is 0 Å². The molecule has 0 radical (unpaired) electrons. The zero-order valence-corrected chi connectivity index (χ0v) is 9.54. The van der Waals surface area contributed by atoms with E-state index in [-0.39, 0.29) is 11.5 Å².